The molecule has 1 aromatic rings. The van der Waals surface area contributed by atoms with Crippen LogP contribution < -0.4 is 5.73 Å². The number of aryl methyl sites for hydroxylation is 1. The van der Waals surface area contributed by atoms with Gasteiger partial charge >= 0.3 is 5.97 Å². The van der Waals surface area contributed by atoms with Crippen molar-refractivity contribution in [2.75, 3.05) is 7.11 Å². The van der Waals surface area contributed by atoms with Crippen LogP contribution in [0.25, 0.3) is 0 Å². The van der Waals surface area contributed by atoms with Crippen molar-refractivity contribution in [3.8, 4) is 0 Å². The zero-order valence-electron chi connectivity index (χ0n) is 8.57. The summed E-state index contributed by atoms with van der Waals surface area (Å²) in [4.78, 5) is 15.4. The van der Waals surface area contributed by atoms with Crippen LogP contribution in [-0.4, -0.2) is 18.1 Å². The second kappa shape index (κ2) is 3.75. The van der Waals surface area contributed by atoms with Gasteiger partial charge in [-0.05, 0) is 31.5 Å². The highest BCUT2D eigenvalue weighted by atomic mass is 16.5. The molecule has 0 spiro atoms. The molecule has 1 aromatic heterocycles. The first-order valence-corrected chi connectivity index (χ1v) is 4.29. The summed E-state index contributed by atoms with van der Waals surface area (Å²) >= 11 is 0. The summed E-state index contributed by atoms with van der Waals surface area (Å²) in [5, 5.41) is 0. The second-order valence-corrected chi connectivity index (χ2v) is 3.41. The molecule has 0 amide bonds. The predicted molar refractivity (Wildman–Crippen MR) is 52.5 cm³/mol. The number of rotatable bonds is 2. The molecule has 76 valence electrons. The topological polar surface area (TPSA) is 65.2 Å². The molecule has 0 fully saturated rings. The summed E-state index contributed by atoms with van der Waals surface area (Å²) in [6, 6.07) is 3.62. The number of nitrogens with zero attached hydrogens (tertiary/aromatic N) is 1. The first-order valence-electron chi connectivity index (χ1n) is 4.29. The molecule has 1 heterocycles. The largest absolute Gasteiger partial charge is 0.467 e. The van der Waals surface area contributed by atoms with Crippen LogP contribution in [-0.2, 0) is 15.1 Å². The van der Waals surface area contributed by atoms with Gasteiger partial charge in [0.25, 0.3) is 0 Å². The lowest BCUT2D eigenvalue weighted by atomic mass is 9.98. The third kappa shape index (κ3) is 1.90. The molecule has 0 unspecified atom stereocenters. The van der Waals surface area contributed by atoms with Crippen LogP contribution in [0.4, 0.5) is 0 Å². The number of nitrogens with two attached hydrogens (primary N) is 1. The molecule has 4 heteroatoms. The van der Waals surface area contributed by atoms with E-state index in [4.69, 9.17) is 5.73 Å². The van der Waals surface area contributed by atoms with Gasteiger partial charge in [0, 0.05) is 6.20 Å². The highest BCUT2D eigenvalue weighted by Crippen LogP contribution is 2.17. The fraction of sp³-hybridized carbons (Fsp3) is 0.400. The van der Waals surface area contributed by atoms with Crippen LogP contribution in [0.2, 0.25) is 0 Å². The minimum absolute atomic E-state index is 0.490. The summed E-state index contributed by atoms with van der Waals surface area (Å²) in [6.07, 6.45) is 1.62. The fourth-order valence-electron chi connectivity index (χ4n) is 1.14. The molecule has 0 aliphatic carbocycles. The maximum atomic E-state index is 11.4. The smallest absolute Gasteiger partial charge is 0.331 e. The van der Waals surface area contributed by atoms with Crippen LogP contribution in [0.1, 0.15) is 18.2 Å². The van der Waals surface area contributed by atoms with Gasteiger partial charge in [-0.2, -0.15) is 0 Å². The van der Waals surface area contributed by atoms with Gasteiger partial charge in [-0.1, -0.05) is 0 Å². The second-order valence-electron chi connectivity index (χ2n) is 3.41. The lowest BCUT2D eigenvalue weighted by molar-refractivity contribution is -0.146. The molecule has 0 aliphatic rings. The predicted octanol–water partition coefficient (Wildman–Crippen LogP) is 0.737. The molecule has 1 atom stereocenters. The molecule has 2 N–H and O–H groups in total. The quantitative estimate of drug-likeness (QED) is 0.705. The van der Waals surface area contributed by atoms with Crippen molar-refractivity contribution in [3.05, 3.63) is 29.6 Å². The van der Waals surface area contributed by atoms with Crippen molar-refractivity contribution in [2.24, 2.45) is 5.73 Å². The molecule has 0 aromatic carbocycles. The number of carbonyl (C=O) groups excluding carboxylic acids is 1. The van der Waals surface area contributed by atoms with Crippen LogP contribution in [0.15, 0.2) is 18.3 Å². The average Bonchev–Trinajstić information content (AvgIpc) is 2.16. The lowest BCUT2D eigenvalue weighted by Crippen LogP contribution is -2.43. The van der Waals surface area contributed by atoms with E-state index in [1.165, 1.54) is 7.11 Å². The number of pyridine rings is 1. The number of ether oxygens (including phenoxy) is 1. The van der Waals surface area contributed by atoms with Crippen LogP contribution in [0.5, 0.6) is 0 Å². The third-order valence-corrected chi connectivity index (χ3v) is 2.06. The van der Waals surface area contributed by atoms with E-state index in [-0.39, 0.29) is 0 Å². The standard InChI is InChI=1S/C10H14N2O2/c1-7-4-5-12-8(6-7)10(2,11)9(13)14-3/h4-6H,11H2,1-3H3/t10-/m0/s1. The summed E-state index contributed by atoms with van der Waals surface area (Å²) in [6.45, 7) is 3.50. The molecule has 0 saturated carbocycles. The number of hydrogen-bond donors (Lipinski definition) is 1. The summed E-state index contributed by atoms with van der Waals surface area (Å²) < 4.78 is 4.61. The normalized spacial score (nSPS) is 14.6. The molecule has 0 saturated heterocycles. The van der Waals surface area contributed by atoms with Crippen molar-refractivity contribution >= 4 is 5.97 Å². The molecule has 1 rings (SSSR count). The van der Waals surface area contributed by atoms with E-state index in [1.54, 1.807) is 19.2 Å². The first-order chi connectivity index (χ1) is 6.48. The number of esters is 1. The van der Waals surface area contributed by atoms with Crippen molar-refractivity contribution in [2.45, 2.75) is 19.4 Å². The van der Waals surface area contributed by atoms with E-state index in [2.05, 4.69) is 9.72 Å². The lowest BCUT2D eigenvalue weighted by Gasteiger charge is -2.20. The van der Waals surface area contributed by atoms with Crippen molar-refractivity contribution in [3.63, 3.8) is 0 Å². The van der Waals surface area contributed by atoms with Gasteiger partial charge in [-0.25, -0.2) is 4.79 Å². The average molecular weight is 194 g/mol. The molecule has 14 heavy (non-hydrogen) atoms. The number of aromatic nitrogens is 1. The van der Waals surface area contributed by atoms with Crippen molar-refractivity contribution in [1.29, 1.82) is 0 Å². The van der Waals surface area contributed by atoms with Crippen LogP contribution in [0.3, 0.4) is 0 Å². The Balaban J connectivity index is 3.09. The Morgan fingerprint density at radius 3 is 2.79 bits per heavy atom. The van der Waals surface area contributed by atoms with E-state index in [0.29, 0.717) is 5.69 Å². The SMILES string of the molecule is COC(=O)[C@@](C)(N)c1cc(C)ccn1. The Morgan fingerprint density at radius 1 is 1.64 bits per heavy atom. The number of methoxy groups -OCH3 is 1. The first kappa shape index (κ1) is 10.7. The summed E-state index contributed by atoms with van der Waals surface area (Å²) in [7, 11) is 1.31. The molecular weight excluding hydrogens is 180 g/mol. The zero-order valence-corrected chi connectivity index (χ0v) is 8.57. The highest BCUT2D eigenvalue weighted by molar-refractivity contribution is 5.81. The number of carbonyl (C=O) groups is 1. The zero-order chi connectivity index (χ0) is 10.8. The molecule has 4 nitrogen and oxygen atoms in total. The number of hydrogen-bond acceptors (Lipinski definition) is 4. The Bertz CT molecular complexity index is 348. The van der Waals surface area contributed by atoms with Gasteiger partial charge in [0.1, 0.15) is 0 Å². The molecule has 0 aliphatic heterocycles. The van der Waals surface area contributed by atoms with Crippen molar-refractivity contribution in [1.82, 2.24) is 4.98 Å². The van der Waals surface area contributed by atoms with E-state index < -0.39 is 11.5 Å². The van der Waals surface area contributed by atoms with E-state index in [1.807, 2.05) is 13.0 Å². The Labute approximate surface area is 83.1 Å². The molecule has 0 bridgehead atoms. The maximum absolute atomic E-state index is 11.4. The van der Waals surface area contributed by atoms with Gasteiger partial charge < -0.3 is 10.5 Å². The van der Waals surface area contributed by atoms with Gasteiger partial charge in [0.05, 0.1) is 12.8 Å². The van der Waals surface area contributed by atoms with Crippen LogP contribution in [0, 0.1) is 6.92 Å². The summed E-state index contributed by atoms with van der Waals surface area (Å²) in [5.41, 5.74) is 6.17. The third-order valence-electron chi connectivity index (χ3n) is 2.06. The highest BCUT2D eigenvalue weighted by Gasteiger charge is 2.33. The van der Waals surface area contributed by atoms with Crippen molar-refractivity contribution < 1.29 is 9.53 Å². The molecular formula is C10H14N2O2. The minimum Gasteiger partial charge on any atom is -0.467 e. The molecule has 0 radical (unpaired) electrons. The van der Waals surface area contributed by atoms with Crippen LogP contribution >= 0.6 is 0 Å². The Kier molecular flexibility index (Phi) is 2.86. The van der Waals surface area contributed by atoms with Gasteiger partial charge in [-0.3, -0.25) is 4.98 Å². The minimum atomic E-state index is -1.18. The summed E-state index contributed by atoms with van der Waals surface area (Å²) in [5.74, 6) is -0.490. The Morgan fingerprint density at radius 2 is 2.29 bits per heavy atom. The van der Waals surface area contributed by atoms with Gasteiger partial charge in [0.15, 0.2) is 5.54 Å². The fourth-order valence-corrected chi connectivity index (χ4v) is 1.14. The monoisotopic (exact) mass is 194 g/mol. The van der Waals surface area contributed by atoms with Gasteiger partial charge in [-0.15, -0.1) is 0 Å². The van der Waals surface area contributed by atoms with E-state index >= 15 is 0 Å². The maximum Gasteiger partial charge on any atom is 0.331 e. The van der Waals surface area contributed by atoms with E-state index in [9.17, 15) is 4.79 Å². The van der Waals surface area contributed by atoms with E-state index in [0.717, 1.165) is 5.56 Å². The Hall–Kier alpha value is -1.42. The van der Waals surface area contributed by atoms with Gasteiger partial charge in [0.2, 0.25) is 0 Å².